The molecule has 0 aliphatic carbocycles. The van der Waals surface area contributed by atoms with Gasteiger partial charge in [0.15, 0.2) is 0 Å². The van der Waals surface area contributed by atoms with Crippen LogP contribution in [-0.4, -0.2) is 68.7 Å². The first-order valence-corrected chi connectivity index (χ1v) is 11.6. The molecule has 2 aliphatic heterocycles. The zero-order valence-electron chi connectivity index (χ0n) is 18.8. The van der Waals surface area contributed by atoms with E-state index in [1.807, 2.05) is 60.7 Å². The van der Waals surface area contributed by atoms with E-state index in [-0.39, 0.29) is 18.4 Å². The number of hydrogen-bond donors (Lipinski definition) is 0. The lowest BCUT2D eigenvalue weighted by molar-refractivity contribution is -0.160. The van der Waals surface area contributed by atoms with E-state index in [9.17, 15) is 9.59 Å². The van der Waals surface area contributed by atoms with Crippen molar-refractivity contribution in [1.29, 1.82) is 0 Å². The summed E-state index contributed by atoms with van der Waals surface area (Å²) in [5, 5.41) is 2.17. The van der Waals surface area contributed by atoms with Gasteiger partial charge in [-0.05, 0) is 24.3 Å². The molecular weight excluding hydrogens is 426 g/mol. The van der Waals surface area contributed by atoms with Crippen molar-refractivity contribution in [2.45, 2.75) is 19.1 Å². The first-order valence-electron chi connectivity index (χ1n) is 11.6. The van der Waals surface area contributed by atoms with Crippen molar-refractivity contribution in [2.24, 2.45) is 0 Å². The topological polar surface area (TPSA) is 69.6 Å². The molecule has 2 aliphatic rings. The van der Waals surface area contributed by atoms with Crippen LogP contribution in [0.15, 0.2) is 72.8 Å². The predicted octanol–water partition coefficient (Wildman–Crippen LogP) is 2.84. The van der Waals surface area contributed by atoms with E-state index in [2.05, 4.69) is 17.0 Å². The Bertz CT molecular complexity index is 1400. The molecule has 1 atom stereocenters. The Morgan fingerprint density at radius 3 is 2.03 bits per heavy atom. The predicted molar refractivity (Wildman–Crippen MR) is 130 cm³/mol. The standard InChI is InChI=1S/C27H25N5O2/c33-26-18-31(16-22-12-10-20-6-2-4-8-24(20)29-22)27(34)25-17-30(13-14-32(25)26)15-21-11-9-19-5-1-3-7-23(19)28-21/h1-12,25H,13-18H2. The van der Waals surface area contributed by atoms with Crippen LogP contribution in [0.4, 0.5) is 0 Å². The molecule has 2 aromatic carbocycles. The quantitative estimate of drug-likeness (QED) is 0.477. The highest BCUT2D eigenvalue weighted by atomic mass is 16.2. The highest BCUT2D eigenvalue weighted by Gasteiger charge is 2.42. The molecule has 170 valence electrons. The van der Waals surface area contributed by atoms with E-state index in [4.69, 9.17) is 9.97 Å². The fraction of sp³-hybridized carbons (Fsp3) is 0.259. The summed E-state index contributed by atoms with van der Waals surface area (Å²) in [5.41, 5.74) is 3.63. The maximum absolute atomic E-state index is 13.4. The van der Waals surface area contributed by atoms with E-state index in [1.54, 1.807) is 9.80 Å². The normalized spacial score (nSPS) is 19.1. The summed E-state index contributed by atoms with van der Waals surface area (Å²) in [6.07, 6.45) is 0. The minimum atomic E-state index is -0.462. The van der Waals surface area contributed by atoms with Gasteiger partial charge < -0.3 is 9.80 Å². The Kier molecular flexibility index (Phi) is 5.19. The Balaban J connectivity index is 1.18. The second-order valence-electron chi connectivity index (χ2n) is 9.02. The molecule has 2 aromatic heterocycles. The van der Waals surface area contributed by atoms with Crippen LogP contribution in [0.25, 0.3) is 21.8 Å². The van der Waals surface area contributed by atoms with E-state index in [0.29, 0.717) is 26.2 Å². The van der Waals surface area contributed by atoms with Gasteiger partial charge in [0.1, 0.15) is 12.6 Å². The van der Waals surface area contributed by atoms with Crippen molar-refractivity contribution in [2.75, 3.05) is 26.2 Å². The molecule has 7 nitrogen and oxygen atoms in total. The van der Waals surface area contributed by atoms with Crippen LogP contribution < -0.4 is 0 Å². The van der Waals surface area contributed by atoms with Gasteiger partial charge in [0.2, 0.25) is 11.8 Å². The Hall–Kier alpha value is -3.84. The summed E-state index contributed by atoms with van der Waals surface area (Å²) in [4.78, 5) is 41.4. The average Bonchev–Trinajstić information content (AvgIpc) is 2.87. The van der Waals surface area contributed by atoms with Crippen LogP contribution in [0.2, 0.25) is 0 Å². The van der Waals surface area contributed by atoms with E-state index in [1.165, 1.54) is 0 Å². The summed E-state index contributed by atoms with van der Waals surface area (Å²) in [6.45, 7) is 2.91. The third-order valence-electron chi connectivity index (χ3n) is 6.76. The number of amides is 2. The molecule has 0 bridgehead atoms. The van der Waals surface area contributed by atoms with Gasteiger partial charge >= 0.3 is 0 Å². The number of carbonyl (C=O) groups excluding carboxylic acids is 2. The van der Waals surface area contributed by atoms with Gasteiger partial charge in [0.25, 0.3) is 0 Å². The molecule has 2 amide bonds. The van der Waals surface area contributed by atoms with Gasteiger partial charge in [0.05, 0.1) is 29.0 Å². The Morgan fingerprint density at radius 1 is 0.735 bits per heavy atom. The summed E-state index contributed by atoms with van der Waals surface area (Å²) < 4.78 is 0. The smallest absolute Gasteiger partial charge is 0.247 e. The van der Waals surface area contributed by atoms with Crippen LogP contribution in [0, 0.1) is 0 Å². The second kappa shape index (κ2) is 8.50. The largest absolute Gasteiger partial charge is 0.327 e. The number of pyridine rings is 2. The number of nitrogens with zero attached hydrogens (tertiary/aromatic N) is 5. The fourth-order valence-electron chi connectivity index (χ4n) is 4.99. The number of benzene rings is 2. The number of para-hydroxylation sites is 2. The molecular formula is C27H25N5O2. The monoisotopic (exact) mass is 451 g/mol. The molecule has 34 heavy (non-hydrogen) atoms. The number of aromatic nitrogens is 2. The zero-order valence-corrected chi connectivity index (χ0v) is 18.8. The fourth-order valence-corrected chi connectivity index (χ4v) is 4.99. The van der Waals surface area contributed by atoms with Gasteiger partial charge in [-0.25, -0.2) is 0 Å². The van der Waals surface area contributed by atoms with Gasteiger partial charge in [0, 0.05) is 37.0 Å². The van der Waals surface area contributed by atoms with Crippen LogP contribution in [0.5, 0.6) is 0 Å². The van der Waals surface area contributed by atoms with E-state index < -0.39 is 6.04 Å². The molecule has 0 saturated carbocycles. The average molecular weight is 452 g/mol. The lowest BCUT2D eigenvalue weighted by Gasteiger charge is -2.46. The highest BCUT2D eigenvalue weighted by molar-refractivity contribution is 5.95. The molecule has 1 unspecified atom stereocenters. The lowest BCUT2D eigenvalue weighted by atomic mass is 10.1. The first-order chi connectivity index (χ1) is 16.6. The third kappa shape index (κ3) is 3.88. The number of hydrogen-bond acceptors (Lipinski definition) is 5. The Labute approximate surface area is 197 Å². The second-order valence-corrected chi connectivity index (χ2v) is 9.02. The van der Waals surface area contributed by atoms with E-state index >= 15 is 0 Å². The van der Waals surface area contributed by atoms with Crippen LogP contribution in [0.3, 0.4) is 0 Å². The van der Waals surface area contributed by atoms with Gasteiger partial charge in [-0.3, -0.25) is 24.5 Å². The molecule has 4 heterocycles. The molecule has 0 spiro atoms. The van der Waals surface area contributed by atoms with Crippen LogP contribution in [0.1, 0.15) is 11.4 Å². The summed E-state index contributed by atoms with van der Waals surface area (Å²) in [5.74, 6) is -0.000372. The molecule has 2 saturated heterocycles. The molecule has 0 N–H and O–H groups in total. The molecule has 4 aromatic rings. The van der Waals surface area contributed by atoms with Crippen LogP contribution in [-0.2, 0) is 22.7 Å². The minimum absolute atomic E-state index is 0.00821. The maximum Gasteiger partial charge on any atom is 0.247 e. The van der Waals surface area contributed by atoms with E-state index in [0.717, 1.165) is 39.7 Å². The Morgan fingerprint density at radius 2 is 1.35 bits per heavy atom. The highest BCUT2D eigenvalue weighted by Crippen LogP contribution is 2.22. The van der Waals surface area contributed by atoms with Crippen molar-refractivity contribution >= 4 is 33.6 Å². The van der Waals surface area contributed by atoms with Gasteiger partial charge in [-0.1, -0.05) is 48.5 Å². The first kappa shape index (κ1) is 20.7. The summed E-state index contributed by atoms with van der Waals surface area (Å²) in [7, 11) is 0. The van der Waals surface area contributed by atoms with Crippen molar-refractivity contribution in [3.05, 3.63) is 84.2 Å². The molecule has 0 radical (unpaired) electrons. The number of rotatable bonds is 4. The van der Waals surface area contributed by atoms with Crippen molar-refractivity contribution in [1.82, 2.24) is 24.7 Å². The van der Waals surface area contributed by atoms with Crippen LogP contribution >= 0.6 is 0 Å². The SMILES string of the molecule is O=C1C2CN(Cc3ccc4ccccc4n3)CCN2C(=O)CN1Cc1ccc2ccccc2n1. The van der Waals surface area contributed by atoms with Crippen molar-refractivity contribution in [3.8, 4) is 0 Å². The number of fused-ring (bicyclic) bond motifs is 3. The van der Waals surface area contributed by atoms with Crippen molar-refractivity contribution in [3.63, 3.8) is 0 Å². The zero-order chi connectivity index (χ0) is 23.1. The molecule has 2 fully saturated rings. The van der Waals surface area contributed by atoms with Crippen molar-refractivity contribution < 1.29 is 9.59 Å². The number of carbonyl (C=O) groups is 2. The van der Waals surface area contributed by atoms with Gasteiger partial charge in [-0.15, -0.1) is 0 Å². The number of piperazine rings is 2. The minimum Gasteiger partial charge on any atom is -0.327 e. The lowest BCUT2D eigenvalue weighted by Crippen LogP contribution is -2.66. The summed E-state index contributed by atoms with van der Waals surface area (Å²) in [6, 6.07) is 23.6. The summed E-state index contributed by atoms with van der Waals surface area (Å²) >= 11 is 0. The third-order valence-corrected chi connectivity index (χ3v) is 6.76. The molecule has 6 rings (SSSR count). The maximum atomic E-state index is 13.4. The van der Waals surface area contributed by atoms with Gasteiger partial charge in [-0.2, -0.15) is 0 Å². The molecule has 7 heteroatoms.